The number of benzene rings is 1. The summed E-state index contributed by atoms with van der Waals surface area (Å²) in [6.07, 6.45) is 0.548. The Hall–Kier alpha value is -2.63. The summed E-state index contributed by atoms with van der Waals surface area (Å²) in [6.45, 7) is 1.99. The van der Waals surface area contributed by atoms with E-state index in [-0.39, 0.29) is 36.4 Å². The molecule has 2 aliphatic carbocycles. The Morgan fingerprint density at radius 1 is 1.16 bits per heavy atom. The number of aromatic hydroxyl groups is 1. The number of ether oxygens (including phenoxy) is 2. The first-order chi connectivity index (χ1) is 18.0. The summed E-state index contributed by atoms with van der Waals surface area (Å²) in [5.74, 6) is -6.55. The number of likely N-dealkylation sites (tertiary alicyclic amines) is 2. The first-order valence-electron chi connectivity index (χ1n) is 11.9. The van der Waals surface area contributed by atoms with Gasteiger partial charge in [-0.25, -0.2) is 4.79 Å². The Morgan fingerprint density at radius 2 is 1.87 bits per heavy atom. The molecule has 0 bridgehead atoms. The molecule has 1 saturated carbocycles. The van der Waals surface area contributed by atoms with E-state index in [1.807, 2.05) is 0 Å². The predicted molar refractivity (Wildman–Crippen MR) is 137 cm³/mol. The summed E-state index contributed by atoms with van der Waals surface area (Å²) in [4.78, 5) is 63.6. The molecule has 5 amide bonds. The van der Waals surface area contributed by atoms with Crippen LogP contribution in [0.2, 0.25) is 0 Å². The predicted octanol–water partition coefficient (Wildman–Crippen LogP) is 3.27. The molecule has 10 nitrogen and oxygen atoms in total. The highest BCUT2D eigenvalue weighted by atomic mass is 79.9. The van der Waals surface area contributed by atoms with Crippen LogP contribution in [0.4, 0.5) is 4.79 Å². The number of carbonyl (C=O) groups excluding carboxylic acids is 5. The fourth-order valence-corrected chi connectivity index (χ4v) is 7.81. The third kappa shape index (κ3) is 3.34. The molecule has 4 aliphatic rings. The van der Waals surface area contributed by atoms with Crippen LogP contribution in [0.15, 0.2) is 29.8 Å². The Labute approximate surface area is 235 Å². The second-order valence-corrected chi connectivity index (χ2v) is 11.4. The third-order valence-electron chi connectivity index (χ3n) is 7.99. The Bertz CT molecular complexity index is 1320. The third-order valence-corrected chi connectivity index (χ3v) is 9.90. The molecule has 0 unspecified atom stereocenters. The van der Waals surface area contributed by atoms with Crippen LogP contribution in [0.3, 0.4) is 0 Å². The smallest absolute Gasteiger partial charge is 0.423 e. The van der Waals surface area contributed by atoms with Gasteiger partial charge in [0.15, 0.2) is 21.2 Å². The van der Waals surface area contributed by atoms with Gasteiger partial charge in [-0.15, -0.1) is 23.2 Å². The lowest BCUT2D eigenvalue weighted by Gasteiger charge is -2.50. The van der Waals surface area contributed by atoms with E-state index in [9.17, 15) is 29.1 Å². The highest BCUT2D eigenvalue weighted by Crippen LogP contribution is 2.65. The lowest BCUT2D eigenvalue weighted by atomic mass is 9.56. The lowest BCUT2D eigenvalue weighted by Crippen LogP contribution is -2.60. The number of phenolic OH excluding ortho intramolecular Hbond substituents is 1. The molecule has 5 rings (SSSR count). The maximum atomic E-state index is 13.7. The van der Waals surface area contributed by atoms with E-state index in [1.165, 1.54) is 12.1 Å². The van der Waals surface area contributed by atoms with Gasteiger partial charge in [0.05, 0.1) is 31.0 Å². The van der Waals surface area contributed by atoms with Gasteiger partial charge in [-0.2, -0.15) is 4.90 Å². The first kappa shape index (κ1) is 27.0. The number of allylic oxidation sites excluding steroid dienone is 2. The van der Waals surface area contributed by atoms with E-state index >= 15 is 0 Å². The van der Waals surface area contributed by atoms with Crippen LogP contribution >= 0.6 is 39.1 Å². The van der Waals surface area contributed by atoms with Crippen LogP contribution in [0.1, 0.15) is 31.2 Å². The van der Waals surface area contributed by atoms with Crippen molar-refractivity contribution < 1.29 is 38.6 Å². The van der Waals surface area contributed by atoms with Gasteiger partial charge < -0.3 is 14.6 Å². The van der Waals surface area contributed by atoms with Crippen LogP contribution < -0.4 is 4.74 Å². The summed E-state index contributed by atoms with van der Waals surface area (Å²) in [7, 11) is 1.07. The van der Waals surface area contributed by atoms with Gasteiger partial charge in [0.25, 0.3) is 11.8 Å². The van der Waals surface area contributed by atoms with Crippen molar-refractivity contribution in [3.8, 4) is 11.5 Å². The Kier molecular flexibility index (Phi) is 6.55. The van der Waals surface area contributed by atoms with Crippen LogP contribution in [0, 0.1) is 17.8 Å². The molecule has 1 N–H and O–H groups in total. The van der Waals surface area contributed by atoms with Crippen molar-refractivity contribution in [3.63, 3.8) is 0 Å². The number of hydrogen-bond donors (Lipinski definition) is 1. The highest BCUT2D eigenvalue weighted by Gasteiger charge is 2.76. The first-order valence-corrected chi connectivity index (χ1v) is 13.8. The van der Waals surface area contributed by atoms with Gasteiger partial charge in [0.1, 0.15) is 0 Å². The minimum absolute atomic E-state index is 0.105. The molecule has 0 radical (unpaired) electrons. The topological polar surface area (TPSA) is 131 Å². The maximum absolute atomic E-state index is 13.7. The average molecular weight is 630 g/mol. The quantitative estimate of drug-likeness (QED) is 0.232. The molecule has 3 fully saturated rings. The summed E-state index contributed by atoms with van der Waals surface area (Å²) in [5.41, 5.74) is 0.833. The zero-order valence-electron chi connectivity index (χ0n) is 20.3. The number of hydrogen-bond acceptors (Lipinski definition) is 8. The maximum Gasteiger partial charge on any atom is 0.423 e. The molecule has 2 saturated heterocycles. The number of halogens is 3. The van der Waals surface area contributed by atoms with E-state index < -0.39 is 63.1 Å². The van der Waals surface area contributed by atoms with Gasteiger partial charge >= 0.3 is 6.09 Å². The molecule has 2 heterocycles. The van der Waals surface area contributed by atoms with Gasteiger partial charge in [-0.3, -0.25) is 24.1 Å². The van der Waals surface area contributed by atoms with Crippen molar-refractivity contribution in [2.45, 2.75) is 35.4 Å². The second kappa shape index (κ2) is 9.24. The fraction of sp³-hybridized carbons (Fsp3) is 0.480. The van der Waals surface area contributed by atoms with Crippen LogP contribution in [0.25, 0.3) is 0 Å². The Balaban J connectivity index is 1.72. The number of nitrogens with zero attached hydrogens (tertiary/aromatic N) is 2. The van der Waals surface area contributed by atoms with Crippen LogP contribution in [-0.4, -0.2) is 73.5 Å². The molecule has 202 valence electrons. The number of methoxy groups -OCH3 is 1. The molecule has 1 aromatic carbocycles. The standard InChI is InChI=1S/C25H23BrCl2N2O8/c1-3-38-16-8-11(4-7-15(16)31)18-12-5-6-13-17(20(33)30(19(13)32)23(36)37-2)14(12)9-24(27)21(34)29(10-26)22(35)25(18,24)28/h4-5,7-8,13-14,17-18,31H,3,6,9-10H2,1-2H3/t13-,14+,17-,18-,24+,25-/m0/s1. The fourth-order valence-electron chi connectivity index (χ4n) is 6.38. The second-order valence-electron chi connectivity index (χ2n) is 9.63. The van der Waals surface area contributed by atoms with E-state index in [0.29, 0.717) is 16.0 Å². The zero-order chi connectivity index (χ0) is 27.7. The van der Waals surface area contributed by atoms with Gasteiger partial charge in [0.2, 0.25) is 11.8 Å². The van der Waals surface area contributed by atoms with Crippen molar-refractivity contribution in [3.05, 3.63) is 35.4 Å². The molecule has 2 aliphatic heterocycles. The van der Waals surface area contributed by atoms with E-state index in [1.54, 1.807) is 19.1 Å². The monoisotopic (exact) mass is 628 g/mol. The number of rotatable bonds is 4. The van der Waals surface area contributed by atoms with E-state index in [0.717, 1.165) is 12.0 Å². The molecule has 0 spiro atoms. The number of phenols is 1. The van der Waals surface area contributed by atoms with Crippen molar-refractivity contribution in [2.75, 3.05) is 19.2 Å². The lowest BCUT2D eigenvalue weighted by molar-refractivity contribution is -0.140. The van der Waals surface area contributed by atoms with Crippen molar-refractivity contribution in [1.29, 1.82) is 0 Å². The average Bonchev–Trinajstić information content (AvgIpc) is 3.23. The van der Waals surface area contributed by atoms with Crippen LogP contribution in [0.5, 0.6) is 11.5 Å². The molecule has 38 heavy (non-hydrogen) atoms. The number of carbonyl (C=O) groups is 5. The summed E-state index contributed by atoms with van der Waals surface area (Å²) < 4.78 is 10.2. The molecule has 6 atom stereocenters. The molecule has 0 aromatic heterocycles. The van der Waals surface area contributed by atoms with Crippen molar-refractivity contribution in [1.82, 2.24) is 9.80 Å². The van der Waals surface area contributed by atoms with E-state index in [4.69, 9.17) is 27.9 Å². The van der Waals surface area contributed by atoms with Gasteiger partial charge in [-0.1, -0.05) is 33.6 Å². The number of fused-ring (bicyclic) bond motifs is 4. The SMILES string of the molecule is CCOc1cc([C@H]2C3=CC[C@@H]4C(=O)N(C(=O)OC)C(=O)[C@@H]4[C@@H]3C[C@@]3(Cl)C(=O)N(CBr)C(=O)[C@@]23Cl)ccc1O. The van der Waals surface area contributed by atoms with Gasteiger partial charge in [0, 0.05) is 5.92 Å². The van der Waals surface area contributed by atoms with Crippen molar-refractivity contribution in [2.24, 2.45) is 17.8 Å². The highest BCUT2D eigenvalue weighted by molar-refractivity contribution is 9.09. The normalized spacial score (nSPS) is 34.1. The number of alkyl halides is 3. The summed E-state index contributed by atoms with van der Waals surface area (Å²) >= 11 is 17.4. The van der Waals surface area contributed by atoms with Gasteiger partial charge in [-0.05, 0) is 43.4 Å². The molecular weight excluding hydrogens is 607 g/mol. The molecule has 13 heteroatoms. The number of imide groups is 4. The summed E-state index contributed by atoms with van der Waals surface area (Å²) in [5, 5.41) is 10.3. The largest absolute Gasteiger partial charge is 0.504 e. The molecule has 1 aromatic rings. The van der Waals surface area contributed by atoms with Crippen molar-refractivity contribution >= 4 is 68.9 Å². The van der Waals surface area contributed by atoms with Crippen LogP contribution in [-0.2, 0) is 23.9 Å². The minimum Gasteiger partial charge on any atom is -0.504 e. The Morgan fingerprint density at radius 3 is 2.50 bits per heavy atom. The summed E-state index contributed by atoms with van der Waals surface area (Å²) in [6, 6.07) is 4.46. The number of amides is 5. The minimum atomic E-state index is -1.98. The van der Waals surface area contributed by atoms with E-state index in [2.05, 4.69) is 20.7 Å². The molecular formula is C25H23BrCl2N2O8. The zero-order valence-corrected chi connectivity index (χ0v) is 23.4.